The van der Waals surface area contributed by atoms with Gasteiger partial charge in [-0.05, 0) is 17.2 Å². The molecule has 0 bridgehead atoms. The molecule has 18 heavy (non-hydrogen) atoms. The fourth-order valence-corrected chi connectivity index (χ4v) is 2.14. The largest absolute Gasteiger partial charge is 0.394 e. The molecule has 1 amide bonds. The van der Waals surface area contributed by atoms with Crippen molar-refractivity contribution >= 4 is 17.7 Å². The van der Waals surface area contributed by atoms with E-state index in [4.69, 9.17) is 0 Å². The van der Waals surface area contributed by atoms with Crippen LogP contribution in [-0.2, 0) is 11.2 Å². The number of carbonyl (C=O) groups is 1. The Labute approximate surface area is 113 Å². The molecule has 0 spiro atoms. The van der Waals surface area contributed by atoms with Crippen LogP contribution in [0, 0.1) is 0 Å². The van der Waals surface area contributed by atoms with Crippen LogP contribution in [0.25, 0.3) is 0 Å². The zero-order valence-electron chi connectivity index (χ0n) is 10.9. The zero-order chi connectivity index (χ0) is 13.4. The van der Waals surface area contributed by atoms with Crippen molar-refractivity contribution in [1.82, 2.24) is 5.32 Å². The van der Waals surface area contributed by atoms with Gasteiger partial charge in [0.1, 0.15) is 0 Å². The molecule has 0 aliphatic rings. The van der Waals surface area contributed by atoms with Gasteiger partial charge in [0.2, 0.25) is 5.91 Å². The maximum Gasteiger partial charge on any atom is 0.230 e. The highest BCUT2D eigenvalue weighted by Gasteiger charge is 2.12. The van der Waals surface area contributed by atoms with Crippen LogP contribution in [0.2, 0.25) is 0 Å². The Hall–Kier alpha value is -1.00. The van der Waals surface area contributed by atoms with E-state index in [9.17, 15) is 9.90 Å². The van der Waals surface area contributed by atoms with E-state index < -0.39 is 0 Å². The number of amides is 1. The lowest BCUT2D eigenvalue weighted by Gasteiger charge is -2.16. The van der Waals surface area contributed by atoms with Gasteiger partial charge in [-0.25, -0.2) is 0 Å². The number of aliphatic hydroxyl groups excluding tert-OH is 1. The molecule has 2 N–H and O–H groups in total. The van der Waals surface area contributed by atoms with Gasteiger partial charge in [-0.3, -0.25) is 4.79 Å². The highest BCUT2D eigenvalue weighted by atomic mass is 32.2. The summed E-state index contributed by atoms with van der Waals surface area (Å²) >= 11 is 1.60. The molecule has 1 aromatic carbocycles. The number of rotatable bonds is 7. The summed E-state index contributed by atoms with van der Waals surface area (Å²) in [6, 6.07) is 9.66. The molecule has 0 heterocycles. The summed E-state index contributed by atoms with van der Waals surface area (Å²) in [5.74, 6) is 0.437. The van der Waals surface area contributed by atoms with E-state index in [1.165, 1.54) is 0 Å². The van der Waals surface area contributed by atoms with Crippen molar-refractivity contribution < 1.29 is 9.90 Å². The second-order valence-electron chi connectivity index (χ2n) is 4.50. The van der Waals surface area contributed by atoms with Crippen LogP contribution >= 0.6 is 11.8 Å². The van der Waals surface area contributed by atoms with Crippen molar-refractivity contribution in [1.29, 1.82) is 0 Å². The van der Waals surface area contributed by atoms with E-state index in [2.05, 4.69) is 19.2 Å². The summed E-state index contributed by atoms with van der Waals surface area (Å²) in [5.41, 5.74) is 1.12. The molecule has 0 aromatic heterocycles. The van der Waals surface area contributed by atoms with Gasteiger partial charge in [0, 0.05) is 0 Å². The molecule has 0 aliphatic heterocycles. The lowest BCUT2D eigenvalue weighted by molar-refractivity contribution is -0.119. The zero-order valence-corrected chi connectivity index (χ0v) is 11.7. The highest BCUT2D eigenvalue weighted by Crippen LogP contribution is 2.08. The first kappa shape index (κ1) is 15.1. The number of carbonyl (C=O) groups excluding carboxylic acids is 1. The summed E-state index contributed by atoms with van der Waals surface area (Å²) in [5, 5.41) is 12.6. The third-order valence-electron chi connectivity index (χ3n) is 2.46. The molecule has 3 nitrogen and oxygen atoms in total. The number of benzene rings is 1. The van der Waals surface area contributed by atoms with Crippen LogP contribution in [0.5, 0.6) is 0 Å². The van der Waals surface area contributed by atoms with Crippen LogP contribution in [0.3, 0.4) is 0 Å². The van der Waals surface area contributed by atoms with Gasteiger partial charge in [0.05, 0.1) is 18.4 Å². The minimum atomic E-state index is -0.201. The molecule has 0 unspecified atom stereocenters. The second kappa shape index (κ2) is 8.16. The first-order valence-corrected chi connectivity index (χ1v) is 7.22. The monoisotopic (exact) mass is 267 g/mol. The molecule has 100 valence electrons. The van der Waals surface area contributed by atoms with Crippen molar-refractivity contribution in [2.24, 2.45) is 0 Å². The van der Waals surface area contributed by atoms with Crippen LogP contribution in [0.4, 0.5) is 0 Å². The Kier molecular flexibility index (Phi) is 6.83. The predicted octanol–water partition coefficient (Wildman–Crippen LogP) is 1.85. The Bertz CT molecular complexity index is 354. The van der Waals surface area contributed by atoms with Gasteiger partial charge in [0.25, 0.3) is 0 Å². The summed E-state index contributed by atoms with van der Waals surface area (Å²) in [6.07, 6.45) is 0.662. The summed E-state index contributed by atoms with van der Waals surface area (Å²) in [4.78, 5) is 11.7. The first-order chi connectivity index (χ1) is 8.61. The number of nitrogens with one attached hydrogen (secondary N) is 1. The van der Waals surface area contributed by atoms with Crippen LogP contribution in [0.15, 0.2) is 30.3 Å². The van der Waals surface area contributed by atoms with Crippen molar-refractivity contribution in [3.8, 4) is 0 Å². The average Bonchev–Trinajstić information content (AvgIpc) is 2.37. The number of hydrogen-bond donors (Lipinski definition) is 2. The van der Waals surface area contributed by atoms with E-state index in [1.807, 2.05) is 30.3 Å². The van der Waals surface area contributed by atoms with Crippen LogP contribution < -0.4 is 5.32 Å². The molecule has 0 saturated carbocycles. The van der Waals surface area contributed by atoms with Crippen LogP contribution in [0.1, 0.15) is 19.4 Å². The molecule has 4 heteroatoms. The predicted molar refractivity (Wildman–Crippen MR) is 76.8 cm³/mol. The van der Waals surface area contributed by atoms with Gasteiger partial charge in [-0.1, -0.05) is 44.2 Å². The van der Waals surface area contributed by atoms with E-state index in [1.54, 1.807) is 11.8 Å². The van der Waals surface area contributed by atoms with Crippen molar-refractivity contribution in [2.45, 2.75) is 31.6 Å². The summed E-state index contributed by atoms with van der Waals surface area (Å²) in [7, 11) is 0. The van der Waals surface area contributed by atoms with Gasteiger partial charge in [-0.15, -0.1) is 11.8 Å². The third-order valence-corrected chi connectivity index (χ3v) is 3.55. The van der Waals surface area contributed by atoms with E-state index >= 15 is 0 Å². The molecule has 1 aromatic rings. The maximum atomic E-state index is 11.7. The third kappa shape index (κ3) is 6.07. The first-order valence-electron chi connectivity index (χ1n) is 6.17. The fraction of sp³-hybridized carbons (Fsp3) is 0.500. The highest BCUT2D eigenvalue weighted by molar-refractivity contribution is 8.00. The Morgan fingerprint density at radius 1 is 1.33 bits per heavy atom. The lowest BCUT2D eigenvalue weighted by Crippen LogP contribution is -2.40. The van der Waals surface area contributed by atoms with Gasteiger partial charge >= 0.3 is 0 Å². The number of hydrogen-bond acceptors (Lipinski definition) is 3. The smallest absolute Gasteiger partial charge is 0.230 e. The summed E-state index contributed by atoms with van der Waals surface area (Å²) < 4.78 is 0. The standard InChI is InChI=1S/C14H21NO2S/c1-11(2)18-10-14(17)15-13(9-16)8-12-6-4-3-5-7-12/h3-7,11,13,16H,8-10H2,1-2H3,(H,15,17)/t13-/m0/s1. The average molecular weight is 267 g/mol. The molecule has 1 rings (SSSR count). The van der Waals surface area contributed by atoms with Gasteiger partial charge in [-0.2, -0.15) is 0 Å². The van der Waals surface area contributed by atoms with Gasteiger partial charge in [0.15, 0.2) is 0 Å². The molecule has 0 fully saturated rings. The number of aliphatic hydroxyl groups is 1. The van der Waals surface area contributed by atoms with Gasteiger partial charge < -0.3 is 10.4 Å². The van der Waals surface area contributed by atoms with E-state index in [0.717, 1.165) is 5.56 Å². The quantitative estimate of drug-likeness (QED) is 0.792. The molecular formula is C14H21NO2S. The fourth-order valence-electron chi connectivity index (χ4n) is 1.57. The topological polar surface area (TPSA) is 49.3 Å². The molecule has 0 saturated heterocycles. The molecule has 1 atom stereocenters. The Morgan fingerprint density at radius 3 is 2.56 bits per heavy atom. The Balaban J connectivity index is 2.40. The lowest BCUT2D eigenvalue weighted by atomic mass is 10.1. The van der Waals surface area contributed by atoms with E-state index in [-0.39, 0.29) is 18.6 Å². The summed E-state index contributed by atoms with van der Waals surface area (Å²) in [6.45, 7) is 4.09. The van der Waals surface area contributed by atoms with Crippen molar-refractivity contribution in [3.05, 3.63) is 35.9 Å². The van der Waals surface area contributed by atoms with E-state index in [0.29, 0.717) is 17.4 Å². The van der Waals surface area contributed by atoms with Crippen LogP contribution in [-0.4, -0.2) is 34.7 Å². The molecule has 0 aliphatic carbocycles. The maximum absolute atomic E-state index is 11.7. The molecular weight excluding hydrogens is 246 g/mol. The molecule has 0 radical (unpaired) electrons. The minimum absolute atomic E-state index is 0.0105. The Morgan fingerprint density at radius 2 is 2.00 bits per heavy atom. The number of thioether (sulfide) groups is 1. The minimum Gasteiger partial charge on any atom is -0.394 e. The second-order valence-corrected chi connectivity index (χ2v) is 6.06. The van der Waals surface area contributed by atoms with Crippen molar-refractivity contribution in [2.75, 3.05) is 12.4 Å². The SMILES string of the molecule is CC(C)SCC(=O)N[C@H](CO)Cc1ccccc1. The normalized spacial score (nSPS) is 12.4. The van der Waals surface area contributed by atoms with Crippen molar-refractivity contribution in [3.63, 3.8) is 0 Å².